The van der Waals surface area contributed by atoms with Crippen LogP contribution in [0.5, 0.6) is 0 Å². The van der Waals surface area contributed by atoms with Gasteiger partial charge in [-0.1, -0.05) is 16.6 Å². The number of halogens is 2. The van der Waals surface area contributed by atoms with E-state index in [-0.39, 0.29) is 0 Å². The van der Waals surface area contributed by atoms with Gasteiger partial charge in [-0.25, -0.2) is 9.18 Å². The largest absolute Gasteiger partial charge is 0.463 e. The van der Waals surface area contributed by atoms with E-state index < -0.39 is 22.7 Å². The van der Waals surface area contributed by atoms with Gasteiger partial charge in [0.15, 0.2) is 0 Å². The Hall–Kier alpha value is -1.65. The highest BCUT2D eigenvalue weighted by molar-refractivity contribution is 5.83. The fourth-order valence-corrected chi connectivity index (χ4v) is 0.714. The van der Waals surface area contributed by atoms with E-state index in [1.807, 2.05) is 0 Å². The highest BCUT2D eigenvalue weighted by Crippen LogP contribution is 2.18. The highest BCUT2D eigenvalue weighted by Gasteiger charge is 2.16. The number of hydrogen-bond donors (Lipinski definition) is 1. The van der Waals surface area contributed by atoms with Crippen molar-refractivity contribution in [2.45, 2.75) is 0 Å². The van der Waals surface area contributed by atoms with E-state index in [0.29, 0.717) is 0 Å². The fraction of sp³-hybridized carbons (Fsp3) is 0. The van der Waals surface area contributed by atoms with Crippen molar-refractivity contribution >= 4 is 11.8 Å². The molecule has 0 aliphatic heterocycles. The second-order valence-electron chi connectivity index (χ2n) is 2.01. The van der Waals surface area contributed by atoms with Crippen LogP contribution in [0.25, 0.3) is 0 Å². The van der Waals surface area contributed by atoms with Crippen molar-refractivity contribution in [1.29, 1.82) is 0 Å². The molecule has 0 aromatic heterocycles. The molecular formula is C7H5F2NO2. The van der Waals surface area contributed by atoms with Crippen molar-refractivity contribution in [2.24, 2.45) is 0 Å². The van der Waals surface area contributed by atoms with Crippen LogP contribution < -0.4 is 5.12 Å². The number of carbonyl (C=O) groups is 1. The summed E-state index contributed by atoms with van der Waals surface area (Å²) >= 11 is 0. The average molecular weight is 173 g/mol. The predicted molar refractivity (Wildman–Crippen MR) is 38.0 cm³/mol. The quantitative estimate of drug-likeness (QED) is 0.661. The molecule has 5 heteroatoms. The summed E-state index contributed by atoms with van der Waals surface area (Å²) in [5.41, 5.74) is -0.606. The lowest BCUT2D eigenvalue weighted by atomic mass is 10.3. The Bertz CT molecular complexity index is 303. The second kappa shape index (κ2) is 3.17. The summed E-state index contributed by atoms with van der Waals surface area (Å²) < 4.78 is 25.2. The molecule has 1 aromatic rings. The summed E-state index contributed by atoms with van der Waals surface area (Å²) in [6, 6.07) is 4.69. The first-order valence-electron chi connectivity index (χ1n) is 3.06. The number of benzene rings is 1. The van der Waals surface area contributed by atoms with Crippen molar-refractivity contribution in [1.82, 2.24) is 0 Å². The van der Waals surface area contributed by atoms with E-state index in [1.165, 1.54) is 12.1 Å². The van der Waals surface area contributed by atoms with Crippen LogP contribution in [0.15, 0.2) is 24.3 Å². The first-order valence-corrected chi connectivity index (χ1v) is 3.06. The molecule has 0 unspecified atom stereocenters. The first kappa shape index (κ1) is 8.45. The van der Waals surface area contributed by atoms with E-state index in [2.05, 4.69) is 0 Å². The SMILES string of the molecule is O=C(O)N(F)c1ccccc1F. The lowest BCUT2D eigenvalue weighted by molar-refractivity contribution is 0.186. The van der Waals surface area contributed by atoms with E-state index >= 15 is 0 Å². The Balaban J connectivity index is 3.02. The summed E-state index contributed by atoms with van der Waals surface area (Å²) in [7, 11) is 0. The average Bonchev–Trinajstić information content (AvgIpc) is 2.04. The molecule has 1 amide bonds. The summed E-state index contributed by atoms with van der Waals surface area (Å²) in [6.45, 7) is 0. The zero-order valence-electron chi connectivity index (χ0n) is 5.87. The minimum atomic E-state index is -1.85. The molecule has 0 aliphatic rings. The molecular weight excluding hydrogens is 168 g/mol. The van der Waals surface area contributed by atoms with Gasteiger partial charge in [-0.3, -0.25) is 0 Å². The summed E-state index contributed by atoms with van der Waals surface area (Å²) in [4.78, 5) is 10.0. The number of hydrogen-bond acceptors (Lipinski definition) is 1. The first-order chi connectivity index (χ1) is 5.63. The molecule has 64 valence electrons. The van der Waals surface area contributed by atoms with Gasteiger partial charge in [-0.05, 0) is 12.1 Å². The Morgan fingerprint density at radius 1 is 1.42 bits per heavy atom. The minimum absolute atomic E-state index is 0.606. The van der Waals surface area contributed by atoms with Crippen LogP contribution in [0.4, 0.5) is 19.4 Å². The van der Waals surface area contributed by atoms with Crippen LogP contribution in [-0.4, -0.2) is 11.2 Å². The third-order valence-electron chi connectivity index (χ3n) is 1.23. The zero-order chi connectivity index (χ0) is 9.14. The Morgan fingerprint density at radius 3 is 2.50 bits per heavy atom. The molecule has 12 heavy (non-hydrogen) atoms. The van der Waals surface area contributed by atoms with Gasteiger partial charge in [0.05, 0.1) is 0 Å². The molecule has 0 aliphatic carbocycles. The molecule has 0 bridgehead atoms. The second-order valence-corrected chi connectivity index (χ2v) is 2.01. The van der Waals surface area contributed by atoms with E-state index in [4.69, 9.17) is 5.11 Å². The zero-order valence-corrected chi connectivity index (χ0v) is 5.87. The molecule has 0 saturated carbocycles. The molecule has 0 spiro atoms. The van der Waals surface area contributed by atoms with Gasteiger partial charge in [0.2, 0.25) is 0 Å². The van der Waals surface area contributed by atoms with Crippen molar-refractivity contribution < 1.29 is 18.8 Å². The number of amides is 1. The van der Waals surface area contributed by atoms with Crippen molar-refractivity contribution in [3.63, 3.8) is 0 Å². The topological polar surface area (TPSA) is 40.5 Å². The Kier molecular flexibility index (Phi) is 2.23. The smallest absolute Gasteiger partial charge is 0.440 e. The minimum Gasteiger partial charge on any atom is -0.463 e. The summed E-state index contributed by atoms with van der Waals surface area (Å²) in [5.74, 6) is -0.914. The molecule has 0 radical (unpaired) electrons. The van der Waals surface area contributed by atoms with E-state index in [9.17, 15) is 13.7 Å². The highest BCUT2D eigenvalue weighted by atomic mass is 19.2. The maximum Gasteiger partial charge on any atom is 0.440 e. The lowest BCUT2D eigenvalue weighted by Crippen LogP contribution is -2.19. The number of rotatable bonds is 1. The van der Waals surface area contributed by atoms with Gasteiger partial charge in [0.1, 0.15) is 11.5 Å². The Morgan fingerprint density at radius 2 is 2.00 bits per heavy atom. The van der Waals surface area contributed by atoms with Gasteiger partial charge in [0.25, 0.3) is 0 Å². The van der Waals surface area contributed by atoms with Gasteiger partial charge >= 0.3 is 6.09 Å². The molecule has 3 nitrogen and oxygen atoms in total. The molecule has 1 aromatic carbocycles. The van der Waals surface area contributed by atoms with Gasteiger partial charge in [-0.15, -0.1) is 5.12 Å². The van der Waals surface area contributed by atoms with Gasteiger partial charge in [-0.2, -0.15) is 0 Å². The number of nitrogens with zero attached hydrogens (tertiary/aromatic N) is 1. The van der Waals surface area contributed by atoms with Crippen molar-refractivity contribution in [2.75, 3.05) is 5.12 Å². The molecule has 0 atom stereocenters. The summed E-state index contributed by atoms with van der Waals surface area (Å²) in [5, 5.41) is 7.47. The molecule has 1 rings (SSSR count). The molecule has 0 heterocycles. The van der Waals surface area contributed by atoms with Gasteiger partial charge < -0.3 is 5.11 Å². The van der Waals surface area contributed by atoms with Crippen molar-refractivity contribution in [3.8, 4) is 0 Å². The number of carboxylic acid groups (broad SMARTS) is 1. The lowest BCUT2D eigenvalue weighted by Gasteiger charge is -2.07. The molecule has 0 saturated heterocycles. The van der Waals surface area contributed by atoms with Gasteiger partial charge in [0, 0.05) is 0 Å². The maximum absolute atomic E-state index is 12.7. The van der Waals surface area contributed by atoms with Crippen LogP contribution in [0, 0.1) is 5.82 Å². The van der Waals surface area contributed by atoms with E-state index in [0.717, 1.165) is 12.1 Å². The monoisotopic (exact) mass is 173 g/mol. The fourth-order valence-electron chi connectivity index (χ4n) is 0.714. The standard InChI is InChI=1S/C7H5F2NO2/c8-5-3-1-2-4-6(5)10(9)7(11)12/h1-4H,(H,11,12). The van der Waals surface area contributed by atoms with Crippen LogP contribution in [-0.2, 0) is 0 Å². The molecule has 1 N–H and O–H groups in total. The van der Waals surface area contributed by atoms with Crippen LogP contribution in [0.1, 0.15) is 0 Å². The van der Waals surface area contributed by atoms with E-state index in [1.54, 1.807) is 0 Å². The van der Waals surface area contributed by atoms with Crippen LogP contribution >= 0.6 is 0 Å². The normalized spacial score (nSPS) is 9.50. The third-order valence-corrected chi connectivity index (χ3v) is 1.23. The predicted octanol–water partition coefficient (Wildman–Crippen LogP) is 2.19. The number of anilines is 1. The van der Waals surface area contributed by atoms with Crippen molar-refractivity contribution in [3.05, 3.63) is 30.1 Å². The third kappa shape index (κ3) is 1.50. The number of para-hydroxylation sites is 1. The van der Waals surface area contributed by atoms with Crippen LogP contribution in [0.2, 0.25) is 0 Å². The Labute approximate surface area is 66.8 Å². The van der Waals surface area contributed by atoms with Crippen LogP contribution in [0.3, 0.4) is 0 Å². The maximum atomic E-state index is 12.7. The molecule has 0 fully saturated rings. The summed E-state index contributed by atoms with van der Waals surface area (Å²) in [6.07, 6.45) is -1.85.